The largest absolute Gasteiger partial charge is 0.323 e. The average Bonchev–Trinajstić information content (AvgIpc) is 2.37. The number of nitrogens with zero attached hydrogens (tertiary/aromatic N) is 1. The molecule has 20 heavy (non-hydrogen) atoms. The van der Waals surface area contributed by atoms with Crippen LogP contribution in [0.4, 0.5) is 0 Å². The van der Waals surface area contributed by atoms with Crippen molar-refractivity contribution in [2.24, 2.45) is 5.73 Å². The molecule has 0 aromatic heterocycles. The zero-order chi connectivity index (χ0) is 14.8. The fourth-order valence-corrected chi connectivity index (χ4v) is 4.38. The van der Waals surface area contributed by atoms with Crippen LogP contribution in [0.5, 0.6) is 0 Å². The molecule has 0 unspecified atom stereocenters. The van der Waals surface area contributed by atoms with Crippen LogP contribution in [-0.2, 0) is 16.4 Å². The van der Waals surface area contributed by atoms with E-state index in [-0.39, 0.29) is 5.54 Å². The topological polar surface area (TPSA) is 63.4 Å². The summed E-state index contributed by atoms with van der Waals surface area (Å²) in [5.74, 6) is 0. The number of nitrogens with two attached hydrogens (primary N) is 1. The van der Waals surface area contributed by atoms with Gasteiger partial charge in [0.15, 0.2) is 0 Å². The minimum absolute atomic E-state index is 0.329. The maximum Gasteiger partial charge on any atom is 0.243 e. The second-order valence-corrected chi connectivity index (χ2v) is 7.72. The zero-order valence-corrected chi connectivity index (χ0v) is 13.1. The molecule has 1 saturated heterocycles. The van der Waals surface area contributed by atoms with E-state index in [0.717, 1.165) is 25.7 Å². The Morgan fingerprint density at radius 3 is 2.25 bits per heavy atom. The normalized spacial score (nSPS) is 18.8. The van der Waals surface area contributed by atoms with Crippen molar-refractivity contribution in [1.29, 1.82) is 0 Å². The molecule has 1 fully saturated rings. The molecule has 2 N–H and O–H groups in total. The second-order valence-electron chi connectivity index (χ2n) is 5.78. The van der Waals surface area contributed by atoms with Crippen molar-refractivity contribution in [3.05, 3.63) is 29.8 Å². The lowest BCUT2D eigenvalue weighted by atomic mass is 9.89. The summed E-state index contributed by atoms with van der Waals surface area (Å²) in [7, 11) is -3.37. The van der Waals surface area contributed by atoms with Gasteiger partial charge in [0.25, 0.3) is 0 Å². The number of aryl methyl sites for hydroxylation is 1. The van der Waals surface area contributed by atoms with E-state index in [4.69, 9.17) is 5.73 Å². The molecular weight excluding hydrogens is 272 g/mol. The molecule has 0 amide bonds. The van der Waals surface area contributed by atoms with Crippen molar-refractivity contribution in [2.45, 2.75) is 50.0 Å². The molecule has 0 bridgehead atoms. The lowest BCUT2D eigenvalue weighted by Gasteiger charge is -2.46. The third-order valence-corrected chi connectivity index (χ3v) is 5.64. The number of rotatable bonds is 6. The molecule has 0 spiro atoms. The Hall–Kier alpha value is -0.910. The van der Waals surface area contributed by atoms with Crippen LogP contribution in [0.15, 0.2) is 29.2 Å². The minimum atomic E-state index is -3.37. The van der Waals surface area contributed by atoms with Gasteiger partial charge < -0.3 is 5.73 Å². The van der Waals surface area contributed by atoms with Gasteiger partial charge in [-0.1, -0.05) is 38.8 Å². The van der Waals surface area contributed by atoms with Gasteiger partial charge in [-0.3, -0.25) is 0 Å². The summed E-state index contributed by atoms with van der Waals surface area (Å²) in [6.07, 6.45) is 3.89. The number of benzene rings is 1. The molecule has 1 aromatic carbocycles. The summed E-state index contributed by atoms with van der Waals surface area (Å²) >= 11 is 0. The van der Waals surface area contributed by atoms with Crippen molar-refractivity contribution < 1.29 is 8.42 Å². The molecule has 0 saturated carbocycles. The van der Waals surface area contributed by atoms with E-state index in [1.165, 1.54) is 9.87 Å². The van der Waals surface area contributed by atoms with Gasteiger partial charge in [0.05, 0.1) is 4.90 Å². The fourth-order valence-electron chi connectivity index (χ4n) is 2.75. The monoisotopic (exact) mass is 296 g/mol. The van der Waals surface area contributed by atoms with Crippen molar-refractivity contribution in [3.63, 3.8) is 0 Å². The highest BCUT2D eigenvalue weighted by Gasteiger charge is 2.44. The summed E-state index contributed by atoms with van der Waals surface area (Å²) in [5.41, 5.74) is 6.98. The molecule has 0 aliphatic carbocycles. The SMILES string of the molecule is CCCc1ccc(S(=O)(=O)N2CC(N)(CCC)C2)cc1. The average molecular weight is 296 g/mol. The van der Waals surface area contributed by atoms with Crippen molar-refractivity contribution in [2.75, 3.05) is 13.1 Å². The van der Waals surface area contributed by atoms with E-state index < -0.39 is 10.0 Å². The molecule has 0 atom stereocenters. The van der Waals surface area contributed by atoms with Gasteiger partial charge >= 0.3 is 0 Å². The summed E-state index contributed by atoms with van der Waals surface area (Å²) in [6.45, 7) is 5.04. The number of hydrogen-bond acceptors (Lipinski definition) is 3. The standard InChI is InChI=1S/C15H24N2O2S/c1-3-5-13-6-8-14(9-7-13)20(18,19)17-11-15(16,12-17)10-4-2/h6-9H,3-5,10-12,16H2,1-2H3. The van der Waals surface area contributed by atoms with Gasteiger partial charge in [-0.2, -0.15) is 4.31 Å². The predicted octanol–water partition coefficient (Wildman–Crippen LogP) is 2.14. The van der Waals surface area contributed by atoms with Crippen LogP contribution in [0.2, 0.25) is 0 Å². The van der Waals surface area contributed by atoms with Gasteiger partial charge in [-0.25, -0.2) is 8.42 Å². The third kappa shape index (κ3) is 3.05. The highest BCUT2D eigenvalue weighted by molar-refractivity contribution is 7.89. The maximum absolute atomic E-state index is 12.4. The van der Waals surface area contributed by atoms with Crippen molar-refractivity contribution in [1.82, 2.24) is 4.31 Å². The summed E-state index contributed by atoms with van der Waals surface area (Å²) < 4.78 is 26.4. The lowest BCUT2D eigenvalue weighted by molar-refractivity contribution is 0.147. The first kappa shape index (κ1) is 15.5. The van der Waals surface area contributed by atoms with Gasteiger partial charge in [0.1, 0.15) is 0 Å². The molecule has 112 valence electrons. The van der Waals surface area contributed by atoms with Crippen LogP contribution in [0.3, 0.4) is 0 Å². The summed E-state index contributed by atoms with van der Waals surface area (Å²) in [6, 6.07) is 7.21. The molecule has 1 aliphatic heterocycles. The molecule has 1 aliphatic rings. The van der Waals surface area contributed by atoms with Gasteiger partial charge in [0, 0.05) is 18.6 Å². The van der Waals surface area contributed by atoms with Crippen LogP contribution >= 0.6 is 0 Å². The van der Waals surface area contributed by atoms with E-state index >= 15 is 0 Å². The van der Waals surface area contributed by atoms with Gasteiger partial charge in [-0.05, 0) is 30.5 Å². The van der Waals surface area contributed by atoms with Gasteiger partial charge in [0.2, 0.25) is 10.0 Å². The Kier molecular flexibility index (Phi) is 4.52. The van der Waals surface area contributed by atoms with Crippen molar-refractivity contribution in [3.8, 4) is 0 Å². The first-order valence-electron chi connectivity index (χ1n) is 7.29. The Bertz CT molecular complexity index is 546. The Balaban J connectivity index is 2.08. The first-order valence-corrected chi connectivity index (χ1v) is 8.73. The van der Waals surface area contributed by atoms with Crippen LogP contribution in [-0.4, -0.2) is 31.4 Å². The van der Waals surface area contributed by atoms with Crippen LogP contribution in [0, 0.1) is 0 Å². The highest BCUT2D eigenvalue weighted by Crippen LogP contribution is 2.29. The Labute approximate surface area is 122 Å². The molecule has 1 heterocycles. The molecule has 1 aromatic rings. The number of sulfonamides is 1. The molecule has 0 radical (unpaired) electrons. The lowest BCUT2D eigenvalue weighted by Crippen LogP contribution is -2.68. The van der Waals surface area contributed by atoms with Crippen LogP contribution in [0.1, 0.15) is 38.7 Å². The Morgan fingerprint density at radius 1 is 1.15 bits per heavy atom. The smallest absolute Gasteiger partial charge is 0.243 e. The molecule has 4 nitrogen and oxygen atoms in total. The fraction of sp³-hybridized carbons (Fsp3) is 0.600. The molecule has 2 rings (SSSR count). The first-order chi connectivity index (χ1) is 9.41. The van der Waals surface area contributed by atoms with Crippen LogP contribution < -0.4 is 5.73 Å². The second kappa shape index (κ2) is 5.84. The Morgan fingerprint density at radius 2 is 1.75 bits per heavy atom. The van der Waals surface area contributed by atoms with E-state index in [1.54, 1.807) is 12.1 Å². The number of hydrogen-bond donors (Lipinski definition) is 1. The summed E-state index contributed by atoms with van der Waals surface area (Å²) in [5, 5.41) is 0. The van der Waals surface area contributed by atoms with E-state index in [0.29, 0.717) is 18.0 Å². The minimum Gasteiger partial charge on any atom is -0.323 e. The predicted molar refractivity (Wildman–Crippen MR) is 81.0 cm³/mol. The highest BCUT2D eigenvalue weighted by atomic mass is 32.2. The quantitative estimate of drug-likeness (QED) is 0.875. The van der Waals surface area contributed by atoms with Gasteiger partial charge in [-0.15, -0.1) is 0 Å². The maximum atomic E-state index is 12.4. The van der Waals surface area contributed by atoms with Crippen molar-refractivity contribution >= 4 is 10.0 Å². The third-order valence-electron chi connectivity index (χ3n) is 3.83. The van der Waals surface area contributed by atoms with Crippen LogP contribution in [0.25, 0.3) is 0 Å². The molecule has 5 heteroatoms. The van der Waals surface area contributed by atoms with E-state index in [1.807, 2.05) is 12.1 Å². The van der Waals surface area contributed by atoms with E-state index in [9.17, 15) is 8.42 Å². The molecular formula is C15H24N2O2S. The summed E-state index contributed by atoms with van der Waals surface area (Å²) in [4.78, 5) is 0.371. The van der Waals surface area contributed by atoms with E-state index in [2.05, 4.69) is 13.8 Å². The zero-order valence-electron chi connectivity index (χ0n) is 12.3.